The highest BCUT2D eigenvalue weighted by Crippen LogP contribution is 2.15. The third-order valence-electron chi connectivity index (χ3n) is 2.88. The van der Waals surface area contributed by atoms with Crippen LogP contribution in [0.15, 0.2) is 46.9 Å². The van der Waals surface area contributed by atoms with Gasteiger partial charge < -0.3 is 5.11 Å². The second-order valence-corrected chi connectivity index (χ2v) is 5.74. The van der Waals surface area contributed by atoms with E-state index in [0.29, 0.717) is 16.8 Å². The molecule has 0 aliphatic carbocycles. The van der Waals surface area contributed by atoms with Crippen LogP contribution in [0.3, 0.4) is 0 Å². The van der Waals surface area contributed by atoms with Crippen LogP contribution in [0.4, 0.5) is 0 Å². The Morgan fingerprint density at radius 1 is 1.33 bits per heavy atom. The van der Waals surface area contributed by atoms with Crippen LogP contribution in [0, 0.1) is 4.77 Å². The number of hydrogen-bond donors (Lipinski definition) is 2. The monoisotopic (exact) mass is 316 g/mol. The van der Waals surface area contributed by atoms with Crippen molar-refractivity contribution in [3.63, 3.8) is 0 Å². The van der Waals surface area contributed by atoms with E-state index in [9.17, 15) is 5.11 Å². The zero-order chi connectivity index (χ0) is 14.7. The van der Waals surface area contributed by atoms with Gasteiger partial charge in [0.2, 0.25) is 4.77 Å². The lowest BCUT2D eigenvalue weighted by atomic mass is 10.2. The number of nitrogens with one attached hydrogen (secondary N) is 1. The van der Waals surface area contributed by atoms with Gasteiger partial charge in [-0.2, -0.15) is 14.9 Å². The number of hydrogen-bond acceptors (Lipinski definition) is 5. The van der Waals surface area contributed by atoms with E-state index >= 15 is 0 Å². The summed E-state index contributed by atoms with van der Waals surface area (Å²) in [5.41, 5.74) is 0.627. The number of aromatic nitrogens is 3. The van der Waals surface area contributed by atoms with Gasteiger partial charge in [-0.05, 0) is 35.8 Å². The van der Waals surface area contributed by atoms with E-state index in [1.165, 1.54) is 4.88 Å². The molecule has 1 aromatic carbocycles. The molecule has 7 heteroatoms. The fourth-order valence-corrected chi connectivity index (χ4v) is 2.74. The molecular formula is C14H12N4OS2. The third-order valence-corrected chi connectivity index (χ3v) is 4.02. The van der Waals surface area contributed by atoms with E-state index in [-0.39, 0.29) is 5.75 Å². The van der Waals surface area contributed by atoms with E-state index in [1.807, 2.05) is 23.6 Å². The van der Waals surface area contributed by atoms with Crippen molar-refractivity contribution < 1.29 is 5.11 Å². The number of para-hydroxylation sites is 1. The molecule has 0 saturated carbocycles. The number of phenolic OH excluding ortho intramolecular Hbond substituents is 1. The highest BCUT2D eigenvalue weighted by Gasteiger charge is 2.07. The minimum absolute atomic E-state index is 0.177. The zero-order valence-electron chi connectivity index (χ0n) is 10.9. The van der Waals surface area contributed by atoms with Gasteiger partial charge in [0.15, 0.2) is 5.82 Å². The Morgan fingerprint density at radius 2 is 2.19 bits per heavy atom. The van der Waals surface area contributed by atoms with E-state index < -0.39 is 0 Å². The van der Waals surface area contributed by atoms with Gasteiger partial charge in [0, 0.05) is 16.9 Å². The second kappa shape index (κ2) is 6.02. The molecular weight excluding hydrogens is 304 g/mol. The van der Waals surface area contributed by atoms with Crippen molar-refractivity contribution >= 4 is 29.8 Å². The van der Waals surface area contributed by atoms with Gasteiger partial charge in [0.05, 0.1) is 6.21 Å². The molecule has 0 atom stereocenters. The summed E-state index contributed by atoms with van der Waals surface area (Å²) < 4.78 is 2.00. The maximum Gasteiger partial charge on any atom is 0.216 e. The summed E-state index contributed by atoms with van der Waals surface area (Å²) in [7, 11) is 0. The number of benzene rings is 1. The molecule has 0 bridgehead atoms. The van der Waals surface area contributed by atoms with Crippen molar-refractivity contribution in [3.05, 3.63) is 62.8 Å². The summed E-state index contributed by atoms with van der Waals surface area (Å²) >= 11 is 6.85. The van der Waals surface area contributed by atoms with Crippen LogP contribution in [0.2, 0.25) is 0 Å². The first-order valence-corrected chi connectivity index (χ1v) is 7.54. The second-order valence-electron chi connectivity index (χ2n) is 4.32. The van der Waals surface area contributed by atoms with Crippen LogP contribution in [-0.2, 0) is 6.42 Å². The highest BCUT2D eigenvalue weighted by atomic mass is 32.1. The molecule has 2 heterocycles. The standard InChI is InChI=1S/C14H12N4OS2/c19-12-6-2-1-4-10(12)9-15-18-13(16-17-14(18)20)8-11-5-3-7-21-11/h1-7,9,19H,8H2,(H,17,20)/b15-9-. The van der Waals surface area contributed by atoms with Crippen molar-refractivity contribution in [2.45, 2.75) is 6.42 Å². The number of H-pyrrole nitrogens is 1. The number of phenols is 1. The van der Waals surface area contributed by atoms with Gasteiger partial charge in [-0.1, -0.05) is 18.2 Å². The van der Waals surface area contributed by atoms with Crippen LogP contribution in [0.1, 0.15) is 16.3 Å². The molecule has 21 heavy (non-hydrogen) atoms. The number of thiophene rings is 1. The molecule has 0 unspecified atom stereocenters. The predicted octanol–water partition coefficient (Wildman–Crippen LogP) is 3.18. The number of rotatable bonds is 4. The normalized spacial score (nSPS) is 11.2. The van der Waals surface area contributed by atoms with Crippen molar-refractivity contribution in [2.24, 2.45) is 5.10 Å². The van der Waals surface area contributed by atoms with Crippen LogP contribution < -0.4 is 0 Å². The fourth-order valence-electron chi connectivity index (χ4n) is 1.84. The Kier molecular flexibility index (Phi) is 3.94. The Balaban J connectivity index is 1.90. The Bertz CT molecular complexity index is 818. The lowest BCUT2D eigenvalue weighted by molar-refractivity contribution is 0.474. The summed E-state index contributed by atoms with van der Waals surface area (Å²) in [5, 5.41) is 23.0. The molecule has 3 rings (SSSR count). The Morgan fingerprint density at radius 3 is 2.95 bits per heavy atom. The van der Waals surface area contributed by atoms with Crippen LogP contribution >= 0.6 is 23.6 Å². The van der Waals surface area contributed by atoms with Gasteiger partial charge in [0.25, 0.3) is 0 Å². The van der Waals surface area contributed by atoms with Crippen molar-refractivity contribution in [1.82, 2.24) is 14.9 Å². The smallest absolute Gasteiger partial charge is 0.216 e. The summed E-state index contributed by atoms with van der Waals surface area (Å²) in [6, 6.07) is 11.0. The summed E-state index contributed by atoms with van der Waals surface area (Å²) in [5.74, 6) is 0.908. The predicted molar refractivity (Wildman–Crippen MR) is 85.6 cm³/mol. The molecule has 0 aliphatic rings. The first-order chi connectivity index (χ1) is 10.2. The highest BCUT2D eigenvalue weighted by molar-refractivity contribution is 7.71. The Labute approximate surface area is 130 Å². The molecule has 3 aromatic rings. The van der Waals surface area contributed by atoms with Gasteiger partial charge in [-0.3, -0.25) is 5.10 Å². The average molecular weight is 316 g/mol. The average Bonchev–Trinajstić information content (AvgIpc) is 3.10. The molecule has 0 spiro atoms. The fraction of sp³-hybridized carbons (Fsp3) is 0.0714. The largest absolute Gasteiger partial charge is 0.507 e. The molecule has 106 valence electrons. The molecule has 2 aromatic heterocycles. The molecule has 0 amide bonds. The summed E-state index contributed by atoms with van der Waals surface area (Å²) in [6.07, 6.45) is 2.22. The van der Waals surface area contributed by atoms with Gasteiger partial charge in [0.1, 0.15) is 5.75 Å². The van der Waals surface area contributed by atoms with Crippen molar-refractivity contribution in [3.8, 4) is 5.75 Å². The Hall–Kier alpha value is -2.25. The van der Waals surface area contributed by atoms with Crippen LogP contribution in [0.5, 0.6) is 5.75 Å². The third kappa shape index (κ3) is 3.09. The molecule has 0 fully saturated rings. The molecule has 0 radical (unpaired) electrons. The minimum atomic E-state index is 0.177. The minimum Gasteiger partial charge on any atom is -0.507 e. The SMILES string of the molecule is Oc1ccccc1/C=N\n1c(Cc2cccs2)n[nH]c1=S. The van der Waals surface area contributed by atoms with Crippen LogP contribution in [0.25, 0.3) is 0 Å². The summed E-state index contributed by atoms with van der Waals surface area (Å²) in [4.78, 5) is 1.18. The van der Waals surface area contributed by atoms with Crippen LogP contribution in [-0.4, -0.2) is 26.2 Å². The van der Waals surface area contributed by atoms with E-state index in [0.717, 1.165) is 5.82 Å². The topological polar surface area (TPSA) is 66.2 Å². The lowest BCUT2D eigenvalue weighted by Crippen LogP contribution is -1.99. The summed E-state index contributed by atoms with van der Waals surface area (Å²) in [6.45, 7) is 0. The van der Waals surface area contributed by atoms with E-state index in [1.54, 1.807) is 40.4 Å². The number of aromatic hydroxyl groups is 1. The first-order valence-electron chi connectivity index (χ1n) is 6.25. The molecule has 5 nitrogen and oxygen atoms in total. The molecule has 2 N–H and O–H groups in total. The molecule has 0 saturated heterocycles. The van der Waals surface area contributed by atoms with Gasteiger partial charge >= 0.3 is 0 Å². The zero-order valence-corrected chi connectivity index (χ0v) is 12.6. The van der Waals surface area contributed by atoms with Gasteiger partial charge in [-0.25, -0.2) is 0 Å². The van der Waals surface area contributed by atoms with E-state index in [2.05, 4.69) is 15.3 Å². The lowest BCUT2D eigenvalue weighted by Gasteiger charge is -2.00. The van der Waals surface area contributed by atoms with E-state index in [4.69, 9.17) is 12.2 Å². The number of nitrogens with zero attached hydrogens (tertiary/aromatic N) is 3. The maximum atomic E-state index is 9.74. The molecule has 0 aliphatic heterocycles. The van der Waals surface area contributed by atoms with Crippen molar-refractivity contribution in [1.29, 1.82) is 0 Å². The first kappa shape index (κ1) is 13.7. The van der Waals surface area contributed by atoms with Gasteiger partial charge in [-0.15, -0.1) is 11.3 Å². The maximum absolute atomic E-state index is 9.74. The quantitative estimate of drug-likeness (QED) is 0.574. The van der Waals surface area contributed by atoms with Crippen molar-refractivity contribution in [2.75, 3.05) is 0 Å². The number of aromatic amines is 1.